The van der Waals surface area contributed by atoms with E-state index in [9.17, 15) is 4.79 Å². The lowest BCUT2D eigenvalue weighted by Gasteiger charge is -2.37. The normalized spacial score (nSPS) is 18.9. The smallest absolute Gasteiger partial charge is 0.274 e. The predicted octanol–water partition coefficient (Wildman–Crippen LogP) is 0.0928. The molecule has 2 rings (SSSR count). The molecule has 0 aromatic carbocycles. The number of aromatic nitrogens is 2. The molecule has 0 bridgehead atoms. The number of carbonyl (C=O) groups excluding carboxylic acids is 1. The summed E-state index contributed by atoms with van der Waals surface area (Å²) in [7, 11) is 0. The van der Waals surface area contributed by atoms with Crippen LogP contribution in [0, 0.1) is 0 Å². The van der Waals surface area contributed by atoms with Gasteiger partial charge in [-0.05, 0) is 13.8 Å². The highest BCUT2D eigenvalue weighted by Gasteiger charge is 2.31. The monoisotopic (exact) mass is 252 g/mol. The Morgan fingerprint density at radius 3 is 3.06 bits per heavy atom. The molecular weight excluding hydrogens is 232 g/mol. The molecule has 100 valence electrons. The molecule has 1 saturated heterocycles. The lowest BCUT2D eigenvalue weighted by Crippen LogP contribution is -2.50. The van der Waals surface area contributed by atoms with Gasteiger partial charge in [0.2, 0.25) is 0 Å². The Morgan fingerprint density at radius 1 is 1.61 bits per heavy atom. The van der Waals surface area contributed by atoms with Crippen LogP contribution in [-0.2, 0) is 11.3 Å². The maximum atomic E-state index is 12.3. The van der Waals surface area contributed by atoms with Crippen LogP contribution in [0.1, 0.15) is 24.3 Å². The summed E-state index contributed by atoms with van der Waals surface area (Å²) in [4.78, 5) is 18.2. The second kappa shape index (κ2) is 5.07. The maximum absolute atomic E-state index is 12.3. The van der Waals surface area contributed by atoms with E-state index in [0.717, 1.165) is 0 Å². The van der Waals surface area contributed by atoms with E-state index < -0.39 is 0 Å². The molecule has 1 aromatic rings. The zero-order valence-corrected chi connectivity index (χ0v) is 10.9. The molecular formula is C12H20N4O2. The third kappa shape index (κ3) is 2.88. The van der Waals surface area contributed by atoms with E-state index in [1.165, 1.54) is 0 Å². The molecule has 6 heteroatoms. The number of nitrogens with zero attached hydrogens (tertiary/aromatic N) is 3. The molecule has 6 nitrogen and oxygen atoms in total. The highest BCUT2D eigenvalue weighted by Crippen LogP contribution is 2.17. The van der Waals surface area contributed by atoms with E-state index in [-0.39, 0.29) is 11.5 Å². The number of carbonyl (C=O) groups is 1. The summed E-state index contributed by atoms with van der Waals surface area (Å²) in [6.07, 6.45) is 3.39. The Kier molecular flexibility index (Phi) is 3.68. The molecule has 1 amide bonds. The van der Waals surface area contributed by atoms with Crippen molar-refractivity contribution in [3.05, 3.63) is 18.2 Å². The predicted molar refractivity (Wildman–Crippen MR) is 67.2 cm³/mol. The van der Waals surface area contributed by atoms with E-state index in [1.54, 1.807) is 17.4 Å². The van der Waals surface area contributed by atoms with E-state index in [2.05, 4.69) is 4.98 Å². The fourth-order valence-electron chi connectivity index (χ4n) is 2.09. The first-order valence-corrected chi connectivity index (χ1v) is 6.17. The summed E-state index contributed by atoms with van der Waals surface area (Å²) >= 11 is 0. The van der Waals surface area contributed by atoms with E-state index in [1.807, 2.05) is 18.4 Å². The molecule has 2 heterocycles. The third-order valence-electron chi connectivity index (χ3n) is 2.95. The number of nitrogens with two attached hydrogens (primary N) is 1. The van der Waals surface area contributed by atoms with Gasteiger partial charge in [-0.15, -0.1) is 0 Å². The van der Waals surface area contributed by atoms with E-state index >= 15 is 0 Å². The maximum Gasteiger partial charge on any atom is 0.274 e. The first kappa shape index (κ1) is 13.0. The summed E-state index contributed by atoms with van der Waals surface area (Å²) in [5.74, 6) is -0.0397. The minimum atomic E-state index is -0.284. The van der Waals surface area contributed by atoms with Gasteiger partial charge >= 0.3 is 0 Å². The van der Waals surface area contributed by atoms with Crippen LogP contribution >= 0.6 is 0 Å². The fraction of sp³-hybridized carbons (Fsp3) is 0.667. The molecule has 0 aliphatic carbocycles. The van der Waals surface area contributed by atoms with Crippen molar-refractivity contribution in [2.75, 3.05) is 26.2 Å². The number of amides is 1. The molecule has 1 aromatic heterocycles. The molecule has 18 heavy (non-hydrogen) atoms. The molecule has 0 radical (unpaired) electrons. The Morgan fingerprint density at radius 2 is 2.39 bits per heavy atom. The van der Waals surface area contributed by atoms with Gasteiger partial charge in [0.15, 0.2) is 0 Å². The molecule has 0 atom stereocenters. The highest BCUT2D eigenvalue weighted by molar-refractivity contribution is 5.92. The Labute approximate surface area is 107 Å². The topological polar surface area (TPSA) is 73.4 Å². The standard InChI is InChI=1S/C12H20N4O2/c1-12(2)8-16(5-6-18-12)11(17)10-7-15(4-3-13)9-14-10/h7,9H,3-6,8,13H2,1-2H3. The second-order valence-electron chi connectivity index (χ2n) is 5.12. The van der Waals surface area contributed by atoms with Crippen LogP contribution in [0.5, 0.6) is 0 Å². The summed E-state index contributed by atoms with van der Waals surface area (Å²) in [5.41, 5.74) is 5.65. The van der Waals surface area contributed by atoms with Crippen molar-refractivity contribution < 1.29 is 9.53 Å². The van der Waals surface area contributed by atoms with Crippen molar-refractivity contribution in [2.24, 2.45) is 5.73 Å². The number of hydrogen-bond donors (Lipinski definition) is 1. The SMILES string of the molecule is CC1(C)CN(C(=O)c2cn(CCN)cn2)CCO1. The molecule has 2 N–H and O–H groups in total. The van der Waals surface area contributed by atoms with Gasteiger partial charge in [0.1, 0.15) is 5.69 Å². The zero-order valence-electron chi connectivity index (χ0n) is 10.9. The van der Waals surface area contributed by atoms with Crippen LogP contribution in [0.2, 0.25) is 0 Å². The number of imidazole rings is 1. The number of morpholine rings is 1. The van der Waals surface area contributed by atoms with Crippen LogP contribution in [0.3, 0.4) is 0 Å². The van der Waals surface area contributed by atoms with Crippen LogP contribution in [0.15, 0.2) is 12.5 Å². The average molecular weight is 252 g/mol. The zero-order chi connectivity index (χ0) is 13.2. The molecule has 1 fully saturated rings. The van der Waals surface area contributed by atoms with Crippen molar-refractivity contribution in [2.45, 2.75) is 26.0 Å². The summed E-state index contributed by atoms with van der Waals surface area (Å²) in [6, 6.07) is 0. The molecule has 0 unspecified atom stereocenters. The quantitative estimate of drug-likeness (QED) is 0.827. The number of ether oxygens (including phenoxy) is 1. The van der Waals surface area contributed by atoms with Gasteiger partial charge in [0.25, 0.3) is 5.91 Å². The van der Waals surface area contributed by atoms with E-state index in [0.29, 0.717) is 38.5 Å². The van der Waals surface area contributed by atoms with Crippen molar-refractivity contribution >= 4 is 5.91 Å². The minimum absolute atomic E-state index is 0.0397. The Bertz CT molecular complexity index is 427. The highest BCUT2D eigenvalue weighted by atomic mass is 16.5. The fourth-order valence-corrected chi connectivity index (χ4v) is 2.09. The summed E-state index contributed by atoms with van der Waals surface area (Å²) < 4.78 is 7.42. The van der Waals surface area contributed by atoms with Crippen LogP contribution in [-0.4, -0.2) is 52.2 Å². The molecule has 0 saturated carbocycles. The molecule has 1 aliphatic rings. The van der Waals surface area contributed by atoms with Gasteiger partial charge in [-0.1, -0.05) is 0 Å². The van der Waals surface area contributed by atoms with Crippen LogP contribution in [0.4, 0.5) is 0 Å². The number of rotatable bonds is 3. The first-order chi connectivity index (χ1) is 8.52. The summed E-state index contributed by atoms with van der Waals surface area (Å²) in [5, 5.41) is 0. The van der Waals surface area contributed by atoms with E-state index in [4.69, 9.17) is 10.5 Å². The Hall–Kier alpha value is -1.40. The second-order valence-corrected chi connectivity index (χ2v) is 5.12. The van der Waals surface area contributed by atoms with Crippen molar-refractivity contribution in [3.8, 4) is 0 Å². The van der Waals surface area contributed by atoms with Crippen molar-refractivity contribution in [1.29, 1.82) is 0 Å². The molecule has 1 aliphatic heterocycles. The van der Waals surface area contributed by atoms with Crippen LogP contribution in [0.25, 0.3) is 0 Å². The van der Waals surface area contributed by atoms with Gasteiger partial charge in [0, 0.05) is 32.4 Å². The van der Waals surface area contributed by atoms with Gasteiger partial charge in [-0.25, -0.2) is 4.98 Å². The minimum Gasteiger partial charge on any atom is -0.372 e. The first-order valence-electron chi connectivity index (χ1n) is 6.17. The van der Waals surface area contributed by atoms with Gasteiger partial charge in [-0.3, -0.25) is 4.79 Å². The largest absolute Gasteiger partial charge is 0.372 e. The van der Waals surface area contributed by atoms with Crippen molar-refractivity contribution in [1.82, 2.24) is 14.5 Å². The number of hydrogen-bond acceptors (Lipinski definition) is 4. The van der Waals surface area contributed by atoms with Crippen LogP contribution < -0.4 is 5.73 Å². The van der Waals surface area contributed by atoms with Gasteiger partial charge in [-0.2, -0.15) is 0 Å². The van der Waals surface area contributed by atoms with Crippen molar-refractivity contribution in [3.63, 3.8) is 0 Å². The van der Waals surface area contributed by atoms with Gasteiger partial charge in [0.05, 0.1) is 18.5 Å². The van der Waals surface area contributed by atoms with Gasteiger partial charge < -0.3 is 19.9 Å². The average Bonchev–Trinajstić information content (AvgIpc) is 2.76. The third-order valence-corrected chi connectivity index (χ3v) is 2.95. The molecule has 0 spiro atoms. The summed E-state index contributed by atoms with van der Waals surface area (Å²) in [6.45, 7) is 6.96. The Balaban J connectivity index is 2.05. The lowest BCUT2D eigenvalue weighted by molar-refractivity contribution is -0.0765. The lowest BCUT2D eigenvalue weighted by atomic mass is 10.1.